The van der Waals surface area contributed by atoms with E-state index in [2.05, 4.69) is 28.2 Å². The minimum atomic E-state index is 0.305. The zero-order chi connectivity index (χ0) is 12.3. The van der Waals surface area contributed by atoms with E-state index in [1.165, 1.54) is 31.2 Å². The average Bonchev–Trinajstić information content (AvgIpc) is 2.32. The molecule has 2 nitrogen and oxygen atoms in total. The van der Waals surface area contributed by atoms with Crippen LogP contribution >= 0.6 is 15.9 Å². The van der Waals surface area contributed by atoms with Gasteiger partial charge < -0.3 is 10.4 Å². The van der Waals surface area contributed by atoms with Crippen LogP contribution in [0.15, 0.2) is 22.7 Å². The number of halogens is 1. The van der Waals surface area contributed by atoms with Crippen molar-refractivity contribution in [3.05, 3.63) is 28.2 Å². The normalized spacial score (nSPS) is 24.8. The SMILES string of the molecule is CC1CCCCC1NCc1ccc(O)c(Br)c1. The van der Waals surface area contributed by atoms with Crippen molar-refractivity contribution in [2.45, 2.75) is 45.2 Å². The minimum absolute atomic E-state index is 0.305. The summed E-state index contributed by atoms with van der Waals surface area (Å²) in [7, 11) is 0. The third-order valence-corrected chi connectivity index (χ3v) is 4.33. The van der Waals surface area contributed by atoms with Gasteiger partial charge in [-0.1, -0.05) is 25.8 Å². The van der Waals surface area contributed by atoms with E-state index in [1.54, 1.807) is 6.07 Å². The summed E-state index contributed by atoms with van der Waals surface area (Å²) in [5, 5.41) is 13.1. The second-order valence-corrected chi connectivity index (χ2v) is 5.89. The molecule has 0 amide bonds. The number of benzene rings is 1. The van der Waals surface area contributed by atoms with E-state index in [9.17, 15) is 5.11 Å². The van der Waals surface area contributed by atoms with Gasteiger partial charge in [-0.3, -0.25) is 0 Å². The molecule has 0 heterocycles. The van der Waals surface area contributed by atoms with Gasteiger partial charge in [-0.05, 0) is 52.4 Å². The highest BCUT2D eigenvalue weighted by Gasteiger charge is 2.20. The molecule has 2 unspecified atom stereocenters. The van der Waals surface area contributed by atoms with E-state index in [0.717, 1.165) is 16.9 Å². The molecule has 94 valence electrons. The first-order valence-electron chi connectivity index (χ1n) is 6.37. The number of hydrogen-bond donors (Lipinski definition) is 2. The van der Waals surface area contributed by atoms with Crippen LogP contribution in [0.2, 0.25) is 0 Å². The average molecular weight is 298 g/mol. The molecule has 0 aliphatic heterocycles. The van der Waals surface area contributed by atoms with E-state index in [4.69, 9.17) is 0 Å². The molecule has 17 heavy (non-hydrogen) atoms. The van der Waals surface area contributed by atoms with Crippen LogP contribution in [-0.2, 0) is 6.54 Å². The Kier molecular flexibility index (Phi) is 4.46. The van der Waals surface area contributed by atoms with Crippen LogP contribution in [0, 0.1) is 5.92 Å². The van der Waals surface area contributed by atoms with E-state index in [0.29, 0.717) is 11.8 Å². The van der Waals surface area contributed by atoms with Crippen molar-refractivity contribution < 1.29 is 5.11 Å². The Labute approximate surface area is 112 Å². The molecule has 1 aromatic carbocycles. The lowest BCUT2D eigenvalue weighted by Gasteiger charge is -2.29. The molecule has 1 aliphatic rings. The van der Waals surface area contributed by atoms with Gasteiger partial charge in [-0.2, -0.15) is 0 Å². The Morgan fingerprint density at radius 3 is 2.82 bits per heavy atom. The number of phenolic OH excluding ortho intramolecular Hbond substituents is 1. The number of rotatable bonds is 3. The van der Waals surface area contributed by atoms with Crippen LogP contribution in [0.5, 0.6) is 5.75 Å². The molecule has 2 atom stereocenters. The second kappa shape index (κ2) is 5.87. The van der Waals surface area contributed by atoms with E-state index in [-0.39, 0.29) is 0 Å². The topological polar surface area (TPSA) is 32.3 Å². The maximum absolute atomic E-state index is 9.44. The van der Waals surface area contributed by atoms with Crippen molar-refractivity contribution in [2.75, 3.05) is 0 Å². The number of phenols is 1. The highest BCUT2D eigenvalue weighted by atomic mass is 79.9. The van der Waals surface area contributed by atoms with Gasteiger partial charge in [-0.15, -0.1) is 0 Å². The molecule has 2 rings (SSSR count). The summed E-state index contributed by atoms with van der Waals surface area (Å²) < 4.78 is 0.772. The first-order chi connectivity index (χ1) is 8.16. The zero-order valence-electron chi connectivity index (χ0n) is 10.2. The van der Waals surface area contributed by atoms with Gasteiger partial charge in [0.05, 0.1) is 4.47 Å². The Hall–Kier alpha value is -0.540. The molecule has 1 saturated carbocycles. The summed E-state index contributed by atoms with van der Waals surface area (Å²) in [5.74, 6) is 1.09. The standard InChI is InChI=1S/C14H20BrNO/c1-10-4-2-3-5-13(10)16-9-11-6-7-14(17)12(15)8-11/h6-8,10,13,16-17H,2-5,9H2,1H3. The molecule has 0 saturated heterocycles. The van der Waals surface area contributed by atoms with Gasteiger partial charge in [-0.25, -0.2) is 0 Å². The Balaban J connectivity index is 1.90. The maximum Gasteiger partial charge on any atom is 0.129 e. The molecule has 0 bridgehead atoms. The predicted octanol–water partition coefficient (Wildman–Crippen LogP) is 3.82. The van der Waals surface area contributed by atoms with Crippen molar-refractivity contribution in [1.82, 2.24) is 5.32 Å². The molecule has 1 aliphatic carbocycles. The van der Waals surface area contributed by atoms with E-state index in [1.807, 2.05) is 12.1 Å². The van der Waals surface area contributed by atoms with Crippen molar-refractivity contribution in [3.8, 4) is 5.75 Å². The molecule has 0 aromatic heterocycles. The first kappa shape index (κ1) is 12.9. The van der Waals surface area contributed by atoms with Gasteiger partial charge in [0.25, 0.3) is 0 Å². The molecule has 1 aromatic rings. The Bertz CT molecular complexity index is 380. The molecule has 3 heteroatoms. The monoisotopic (exact) mass is 297 g/mol. The Morgan fingerprint density at radius 2 is 2.12 bits per heavy atom. The second-order valence-electron chi connectivity index (χ2n) is 5.03. The van der Waals surface area contributed by atoms with Gasteiger partial charge in [0, 0.05) is 12.6 Å². The van der Waals surface area contributed by atoms with Crippen LogP contribution < -0.4 is 5.32 Å². The summed E-state index contributed by atoms with van der Waals surface area (Å²) in [6.07, 6.45) is 5.36. The molecule has 0 spiro atoms. The lowest BCUT2D eigenvalue weighted by atomic mass is 9.86. The first-order valence-corrected chi connectivity index (χ1v) is 7.17. The third-order valence-electron chi connectivity index (χ3n) is 3.69. The van der Waals surface area contributed by atoms with Gasteiger partial charge in [0.2, 0.25) is 0 Å². The fourth-order valence-electron chi connectivity index (χ4n) is 2.53. The van der Waals surface area contributed by atoms with Crippen LogP contribution in [0.3, 0.4) is 0 Å². The number of aromatic hydroxyl groups is 1. The summed E-state index contributed by atoms with van der Waals surface area (Å²) in [6.45, 7) is 3.22. The van der Waals surface area contributed by atoms with Crippen molar-refractivity contribution in [1.29, 1.82) is 0 Å². The lowest BCUT2D eigenvalue weighted by molar-refractivity contribution is 0.279. The molecular formula is C14H20BrNO. The highest BCUT2D eigenvalue weighted by Crippen LogP contribution is 2.26. The summed E-state index contributed by atoms with van der Waals surface area (Å²) >= 11 is 3.35. The van der Waals surface area contributed by atoms with Gasteiger partial charge >= 0.3 is 0 Å². The molecule has 1 fully saturated rings. The lowest BCUT2D eigenvalue weighted by Crippen LogP contribution is -2.36. The summed E-state index contributed by atoms with van der Waals surface area (Å²) in [4.78, 5) is 0. The molecule has 2 N–H and O–H groups in total. The molecular weight excluding hydrogens is 278 g/mol. The van der Waals surface area contributed by atoms with Gasteiger partial charge in [0.15, 0.2) is 0 Å². The van der Waals surface area contributed by atoms with Crippen molar-refractivity contribution in [2.24, 2.45) is 5.92 Å². The predicted molar refractivity (Wildman–Crippen MR) is 74.1 cm³/mol. The Morgan fingerprint density at radius 1 is 1.35 bits per heavy atom. The zero-order valence-corrected chi connectivity index (χ0v) is 11.8. The summed E-state index contributed by atoms with van der Waals surface area (Å²) in [6, 6.07) is 6.35. The fourth-order valence-corrected chi connectivity index (χ4v) is 2.96. The molecule has 0 radical (unpaired) electrons. The van der Waals surface area contributed by atoms with Crippen LogP contribution in [0.1, 0.15) is 38.2 Å². The highest BCUT2D eigenvalue weighted by molar-refractivity contribution is 9.10. The smallest absolute Gasteiger partial charge is 0.129 e. The van der Waals surface area contributed by atoms with Crippen molar-refractivity contribution >= 4 is 15.9 Å². The number of hydrogen-bond acceptors (Lipinski definition) is 2. The fraction of sp³-hybridized carbons (Fsp3) is 0.571. The summed E-state index contributed by atoms with van der Waals surface area (Å²) in [5.41, 5.74) is 1.22. The van der Waals surface area contributed by atoms with E-state index < -0.39 is 0 Å². The van der Waals surface area contributed by atoms with Crippen molar-refractivity contribution in [3.63, 3.8) is 0 Å². The van der Waals surface area contributed by atoms with E-state index >= 15 is 0 Å². The largest absolute Gasteiger partial charge is 0.507 e. The van der Waals surface area contributed by atoms with Crippen LogP contribution in [0.4, 0.5) is 0 Å². The maximum atomic E-state index is 9.44. The third kappa shape index (κ3) is 3.46. The van der Waals surface area contributed by atoms with Crippen LogP contribution in [-0.4, -0.2) is 11.1 Å². The van der Waals surface area contributed by atoms with Crippen LogP contribution in [0.25, 0.3) is 0 Å². The number of nitrogens with one attached hydrogen (secondary N) is 1. The van der Waals surface area contributed by atoms with Gasteiger partial charge in [0.1, 0.15) is 5.75 Å². The minimum Gasteiger partial charge on any atom is -0.507 e. The quantitative estimate of drug-likeness (QED) is 0.889.